The molecule has 1 radical (unpaired) electrons. The second-order valence-corrected chi connectivity index (χ2v) is 3.94. The van der Waals surface area contributed by atoms with E-state index in [2.05, 4.69) is 22.4 Å². The average molecular weight is 195 g/mol. The molecule has 1 fully saturated rings. The second-order valence-electron chi connectivity index (χ2n) is 3.02. The Morgan fingerprint density at radius 3 is 2.62 bits per heavy atom. The molecular formula is C9H11N2OS. The van der Waals surface area contributed by atoms with E-state index in [9.17, 15) is 4.79 Å². The van der Waals surface area contributed by atoms with E-state index >= 15 is 0 Å². The molecule has 2 heterocycles. The Balaban J connectivity index is 1.95. The molecule has 0 bridgehead atoms. The quantitative estimate of drug-likeness (QED) is 0.701. The first-order chi connectivity index (χ1) is 6.40. The molecule has 2 rings (SSSR count). The molecule has 69 valence electrons. The third-order valence-electron chi connectivity index (χ3n) is 2.23. The lowest BCUT2D eigenvalue weighted by Gasteiger charge is -2.32. The molecule has 1 aliphatic heterocycles. The molecule has 0 aliphatic carbocycles. The number of thiophene rings is 1. The Morgan fingerprint density at radius 1 is 1.31 bits per heavy atom. The van der Waals surface area contributed by atoms with Crippen molar-refractivity contribution in [1.29, 1.82) is 0 Å². The molecule has 1 amide bonds. The van der Waals surface area contributed by atoms with Gasteiger partial charge in [0.05, 0.1) is 5.00 Å². The lowest BCUT2D eigenvalue weighted by atomic mass is 10.3. The van der Waals surface area contributed by atoms with Gasteiger partial charge in [-0.25, -0.2) is 0 Å². The highest BCUT2D eigenvalue weighted by molar-refractivity contribution is 7.14. The van der Waals surface area contributed by atoms with Crippen LogP contribution in [0.4, 0.5) is 5.00 Å². The molecule has 0 spiro atoms. The van der Waals surface area contributed by atoms with Gasteiger partial charge in [-0.15, -0.1) is 11.3 Å². The molecule has 3 nitrogen and oxygen atoms in total. The highest BCUT2D eigenvalue weighted by Gasteiger charge is 2.16. The normalized spacial score (nSPS) is 17.5. The second kappa shape index (κ2) is 3.79. The summed E-state index contributed by atoms with van der Waals surface area (Å²) in [6.45, 7) is 3.44. The summed E-state index contributed by atoms with van der Waals surface area (Å²) in [4.78, 5) is 14.3. The molecule has 0 unspecified atom stereocenters. The minimum Gasteiger partial charge on any atom is -0.360 e. The average Bonchev–Trinajstić information content (AvgIpc) is 2.71. The minimum absolute atomic E-state index is 0.793. The number of anilines is 1. The number of hydrogen-bond donors (Lipinski definition) is 0. The summed E-state index contributed by atoms with van der Waals surface area (Å²) in [5.74, 6) is 0. The van der Waals surface area contributed by atoms with Crippen LogP contribution in [0.15, 0.2) is 17.5 Å². The summed E-state index contributed by atoms with van der Waals surface area (Å²) in [7, 11) is 0. The minimum atomic E-state index is 0.793. The van der Waals surface area contributed by atoms with Gasteiger partial charge in [0.1, 0.15) is 0 Å². The predicted molar refractivity (Wildman–Crippen MR) is 53.8 cm³/mol. The van der Waals surface area contributed by atoms with Crippen LogP contribution in [0.1, 0.15) is 0 Å². The zero-order valence-electron chi connectivity index (χ0n) is 7.27. The van der Waals surface area contributed by atoms with Crippen LogP contribution in [0.5, 0.6) is 0 Å². The molecule has 1 aliphatic rings. The van der Waals surface area contributed by atoms with Crippen LogP contribution in [0, 0.1) is 0 Å². The highest BCUT2D eigenvalue weighted by atomic mass is 32.1. The van der Waals surface area contributed by atoms with Crippen molar-refractivity contribution in [2.24, 2.45) is 0 Å². The topological polar surface area (TPSA) is 23.6 Å². The van der Waals surface area contributed by atoms with Gasteiger partial charge in [0.25, 0.3) is 0 Å². The summed E-state index contributed by atoms with van der Waals surface area (Å²) in [5, 5.41) is 3.37. The van der Waals surface area contributed by atoms with E-state index in [1.807, 2.05) is 6.41 Å². The van der Waals surface area contributed by atoms with Gasteiger partial charge in [-0.1, -0.05) is 0 Å². The van der Waals surface area contributed by atoms with Crippen molar-refractivity contribution in [2.75, 3.05) is 31.1 Å². The van der Waals surface area contributed by atoms with E-state index in [1.165, 1.54) is 5.00 Å². The van der Waals surface area contributed by atoms with E-state index in [-0.39, 0.29) is 0 Å². The number of amides is 1. The fraction of sp³-hybridized carbons (Fsp3) is 0.444. The summed E-state index contributed by atoms with van der Waals surface area (Å²) < 4.78 is 0. The van der Waals surface area contributed by atoms with Gasteiger partial charge >= 0.3 is 6.41 Å². The third kappa shape index (κ3) is 1.83. The van der Waals surface area contributed by atoms with Crippen molar-refractivity contribution >= 4 is 22.7 Å². The molecule has 1 aromatic rings. The smallest absolute Gasteiger partial charge is 0.312 e. The fourth-order valence-electron chi connectivity index (χ4n) is 1.47. The number of rotatable bonds is 2. The molecule has 1 aromatic heterocycles. The van der Waals surface area contributed by atoms with Crippen molar-refractivity contribution < 1.29 is 4.79 Å². The van der Waals surface area contributed by atoms with Crippen LogP contribution in [0.3, 0.4) is 0 Å². The third-order valence-corrected chi connectivity index (χ3v) is 3.16. The SMILES string of the molecule is O=[C]N1CCN(c2cccs2)CC1. The van der Waals surface area contributed by atoms with Gasteiger partial charge in [-0.05, 0) is 17.5 Å². The molecule has 1 saturated heterocycles. The van der Waals surface area contributed by atoms with E-state index in [4.69, 9.17) is 0 Å². The molecule has 0 N–H and O–H groups in total. The fourth-order valence-corrected chi connectivity index (χ4v) is 2.25. The maximum Gasteiger partial charge on any atom is 0.312 e. The number of carbonyl (C=O) groups excluding carboxylic acids is 1. The van der Waals surface area contributed by atoms with Crippen LogP contribution in [-0.4, -0.2) is 37.5 Å². The predicted octanol–water partition coefficient (Wildman–Crippen LogP) is 0.937. The molecule has 0 aromatic carbocycles. The summed E-state index contributed by atoms with van der Waals surface area (Å²) in [6, 6.07) is 4.17. The number of hydrogen-bond acceptors (Lipinski definition) is 3. The zero-order valence-corrected chi connectivity index (χ0v) is 8.09. The van der Waals surface area contributed by atoms with E-state index in [0.29, 0.717) is 0 Å². The van der Waals surface area contributed by atoms with E-state index in [1.54, 1.807) is 16.2 Å². The largest absolute Gasteiger partial charge is 0.360 e. The Morgan fingerprint density at radius 2 is 2.08 bits per heavy atom. The monoisotopic (exact) mass is 195 g/mol. The summed E-state index contributed by atoms with van der Waals surface area (Å²) in [6.07, 6.45) is 1.93. The molecule has 13 heavy (non-hydrogen) atoms. The standard InChI is InChI=1S/C9H11N2OS/c12-8-10-3-5-11(6-4-10)9-2-1-7-13-9/h1-2,7H,3-6H2. The molecule has 4 heteroatoms. The van der Waals surface area contributed by atoms with E-state index < -0.39 is 0 Å². The van der Waals surface area contributed by atoms with Gasteiger partial charge in [-0.2, -0.15) is 0 Å². The van der Waals surface area contributed by atoms with Crippen LogP contribution in [-0.2, 0) is 4.79 Å². The van der Waals surface area contributed by atoms with Gasteiger partial charge < -0.3 is 9.80 Å². The maximum absolute atomic E-state index is 10.3. The van der Waals surface area contributed by atoms with Gasteiger partial charge in [0, 0.05) is 26.2 Å². The highest BCUT2D eigenvalue weighted by Crippen LogP contribution is 2.21. The van der Waals surface area contributed by atoms with E-state index in [0.717, 1.165) is 26.2 Å². The van der Waals surface area contributed by atoms with Gasteiger partial charge in [0.15, 0.2) is 0 Å². The Bertz CT molecular complexity index is 265. The summed E-state index contributed by atoms with van der Waals surface area (Å²) in [5.41, 5.74) is 0. The lowest BCUT2D eigenvalue weighted by molar-refractivity contribution is 0.357. The van der Waals surface area contributed by atoms with Crippen LogP contribution in [0.25, 0.3) is 0 Å². The summed E-state index contributed by atoms with van der Waals surface area (Å²) >= 11 is 1.75. The van der Waals surface area contributed by atoms with Gasteiger partial charge in [-0.3, -0.25) is 4.79 Å². The molecular weight excluding hydrogens is 184 g/mol. The van der Waals surface area contributed by atoms with Crippen LogP contribution >= 0.6 is 11.3 Å². The van der Waals surface area contributed by atoms with Crippen LogP contribution in [0.2, 0.25) is 0 Å². The van der Waals surface area contributed by atoms with Crippen LogP contribution < -0.4 is 4.90 Å². The first kappa shape index (κ1) is 8.56. The van der Waals surface area contributed by atoms with Crippen molar-refractivity contribution in [3.8, 4) is 0 Å². The lowest BCUT2D eigenvalue weighted by Crippen LogP contribution is -2.45. The zero-order chi connectivity index (χ0) is 9.10. The Labute approximate surface area is 81.6 Å². The van der Waals surface area contributed by atoms with Crippen molar-refractivity contribution in [2.45, 2.75) is 0 Å². The first-order valence-electron chi connectivity index (χ1n) is 4.31. The Hall–Kier alpha value is -1.03. The Kier molecular flexibility index (Phi) is 2.49. The maximum atomic E-state index is 10.3. The van der Waals surface area contributed by atoms with Crippen molar-refractivity contribution in [3.63, 3.8) is 0 Å². The van der Waals surface area contributed by atoms with Gasteiger partial charge in [0.2, 0.25) is 0 Å². The number of nitrogens with zero attached hydrogens (tertiary/aromatic N) is 2. The number of piperazine rings is 1. The molecule has 0 atom stereocenters. The van der Waals surface area contributed by atoms with Crippen molar-refractivity contribution in [1.82, 2.24) is 4.90 Å². The van der Waals surface area contributed by atoms with Crippen molar-refractivity contribution in [3.05, 3.63) is 17.5 Å². The first-order valence-corrected chi connectivity index (χ1v) is 5.19. The molecule has 0 saturated carbocycles.